The van der Waals surface area contributed by atoms with Crippen molar-refractivity contribution < 1.29 is 14.3 Å². The summed E-state index contributed by atoms with van der Waals surface area (Å²) in [7, 11) is 1.64. The van der Waals surface area contributed by atoms with Crippen LogP contribution in [-0.2, 0) is 4.74 Å². The zero-order chi connectivity index (χ0) is 16.0. The van der Waals surface area contributed by atoms with E-state index in [1.54, 1.807) is 27.8 Å². The number of aromatic nitrogens is 2. The monoisotopic (exact) mass is 315 g/mol. The maximum absolute atomic E-state index is 11.9. The average molecular weight is 315 g/mol. The van der Waals surface area contributed by atoms with Crippen LogP contribution in [-0.4, -0.2) is 52.5 Å². The van der Waals surface area contributed by atoms with Crippen LogP contribution in [0.15, 0.2) is 5.51 Å². The van der Waals surface area contributed by atoms with Crippen LogP contribution in [0.25, 0.3) is 0 Å². The lowest BCUT2D eigenvalue weighted by molar-refractivity contribution is 0.0516. The van der Waals surface area contributed by atoms with Crippen LogP contribution >= 0.6 is 11.3 Å². The molecule has 21 heavy (non-hydrogen) atoms. The Morgan fingerprint density at radius 1 is 1.48 bits per heavy atom. The second kappa shape index (κ2) is 7.21. The minimum absolute atomic E-state index is 0.203. The van der Waals surface area contributed by atoms with E-state index in [2.05, 4.69) is 20.8 Å². The van der Waals surface area contributed by atoms with Crippen molar-refractivity contribution in [2.24, 2.45) is 0 Å². The van der Waals surface area contributed by atoms with Gasteiger partial charge in [-0.05, 0) is 27.7 Å². The van der Waals surface area contributed by atoms with E-state index in [0.717, 1.165) is 0 Å². The van der Waals surface area contributed by atoms with E-state index in [4.69, 9.17) is 4.74 Å². The van der Waals surface area contributed by atoms with E-state index >= 15 is 0 Å². The van der Waals surface area contributed by atoms with E-state index in [9.17, 15) is 9.59 Å². The number of urea groups is 1. The molecule has 0 saturated carbocycles. The van der Waals surface area contributed by atoms with Crippen LogP contribution in [0.5, 0.6) is 0 Å². The Hall–Kier alpha value is -1.90. The van der Waals surface area contributed by atoms with E-state index in [1.807, 2.05) is 6.92 Å². The van der Waals surface area contributed by atoms with Crippen LogP contribution in [0, 0.1) is 0 Å². The summed E-state index contributed by atoms with van der Waals surface area (Å²) in [5.74, 6) is 0. The summed E-state index contributed by atoms with van der Waals surface area (Å²) in [6, 6.07) is -0.518. The van der Waals surface area contributed by atoms with Crippen molar-refractivity contribution in [2.45, 2.75) is 39.3 Å². The normalized spacial score (nSPS) is 12.4. The lowest BCUT2D eigenvalue weighted by Crippen LogP contribution is -2.45. The van der Waals surface area contributed by atoms with Crippen LogP contribution in [0.3, 0.4) is 0 Å². The van der Waals surface area contributed by atoms with Gasteiger partial charge in [-0.1, -0.05) is 11.3 Å². The van der Waals surface area contributed by atoms with Crippen molar-refractivity contribution in [2.75, 3.05) is 18.9 Å². The van der Waals surface area contributed by atoms with Gasteiger partial charge in [0.25, 0.3) is 0 Å². The van der Waals surface area contributed by atoms with Crippen LogP contribution in [0.4, 0.5) is 14.7 Å². The molecule has 1 atom stereocenters. The molecule has 1 aromatic heterocycles. The summed E-state index contributed by atoms with van der Waals surface area (Å²) in [4.78, 5) is 24.9. The lowest BCUT2D eigenvalue weighted by Gasteiger charge is -2.26. The zero-order valence-electron chi connectivity index (χ0n) is 12.8. The first-order valence-electron chi connectivity index (χ1n) is 6.46. The van der Waals surface area contributed by atoms with Crippen LogP contribution in [0.1, 0.15) is 27.7 Å². The fourth-order valence-corrected chi connectivity index (χ4v) is 1.72. The molecule has 0 radical (unpaired) electrons. The van der Waals surface area contributed by atoms with Gasteiger partial charge in [0, 0.05) is 19.6 Å². The summed E-state index contributed by atoms with van der Waals surface area (Å²) in [6.45, 7) is 7.47. The first-order valence-corrected chi connectivity index (χ1v) is 7.34. The Morgan fingerprint density at radius 2 is 2.14 bits per heavy atom. The van der Waals surface area contributed by atoms with E-state index in [0.29, 0.717) is 5.13 Å². The van der Waals surface area contributed by atoms with Gasteiger partial charge in [-0.25, -0.2) is 9.59 Å². The van der Waals surface area contributed by atoms with Crippen LogP contribution in [0.2, 0.25) is 0 Å². The molecule has 0 spiro atoms. The minimum atomic E-state index is -0.547. The number of alkyl carbamates (subject to hydrolysis) is 1. The molecule has 2 N–H and O–H groups in total. The maximum atomic E-state index is 11.9. The Balaban J connectivity index is 2.38. The van der Waals surface area contributed by atoms with Gasteiger partial charge in [0.2, 0.25) is 5.13 Å². The molecule has 1 heterocycles. The van der Waals surface area contributed by atoms with Gasteiger partial charge in [0.1, 0.15) is 11.1 Å². The number of likely N-dealkylation sites (N-methyl/N-ethyl adjacent to an activating group) is 1. The van der Waals surface area contributed by atoms with Crippen molar-refractivity contribution >= 4 is 28.6 Å². The second-order valence-corrected chi connectivity index (χ2v) is 6.35. The number of hydrogen-bond acceptors (Lipinski definition) is 6. The fourth-order valence-electron chi connectivity index (χ4n) is 1.29. The molecule has 1 aromatic rings. The number of rotatable bonds is 4. The first kappa shape index (κ1) is 17.2. The summed E-state index contributed by atoms with van der Waals surface area (Å²) < 4.78 is 5.13. The Bertz CT molecular complexity index is 472. The van der Waals surface area contributed by atoms with Crippen molar-refractivity contribution in [1.82, 2.24) is 20.4 Å². The molecule has 9 heteroatoms. The quantitative estimate of drug-likeness (QED) is 0.884. The van der Waals surface area contributed by atoms with E-state index in [-0.39, 0.29) is 18.6 Å². The average Bonchev–Trinajstić information content (AvgIpc) is 2.85. The lowest BCUT2D eigenvalue weighted by atomic mass is 10.2. The Kier molecular flexibility index (Phi) is 5.89. The molecular weight excluding hydrogens is 294 g/mol. The molecule has 0 aliphatic carbocycles. The van der Waals surface area contributed by atoms with Gasteiger partial charge in [-0.2, -0.15) is 0 Å². The van der Waals surface area contributed by atoms with Gasteiger partial charge in [0.05, 0.1) is 0 Å². The maximum Gasteiger partial charge on any atom is 0.407 e. The van der Waals surface area contributed by atoms with Gasteiger partial charge in [-0.15, -0.1) is 10.2 Å². The molecule has 0 aromatic carbocycles. The highest BCUT2D eigenvalue weighted by Crippen LogP contribution is 2.10. The SMILES string of the molecule is CC(CNC(=O)OC(C)(C)C)N(C)C(=O)Nc1nncs1. The number of nitrogens with zero attached hydrogens (tertiary/aromatic N) is 3. The molecule has 0 bridgehead atoms. The number of carbonyl (C=O) groups is 2. The van der Waals surface area contributed by atoms with E-state index < -0.39 is 11.7 Å². The minimum Gasteiger partial charge on any atom is -0.444 e. The third-order valence-corrected chi connectivity index (χ3v) is 3.10. The molecule has 118 valence electrons. The second-order valence-electron chi connectivity index (χ2n) is 5.52. The van der Waals surface area contributed by atoms with Crippen molar-refractivity contribution in [3.05, 3.63) is 5.51 Å². The highest BCUT2D eigenvalue weighted by Gasteiger charge is 2.20. The molecule has 0 aliphatic rings. The number of nitrogens with one attached hydrogen (secondary N) is 2. The number of ether oxygens (including phenoxy) is 1. The molecule has 8 nitrogen and oxygen atoms in total. The topological polar surface area (TPSA) is 96.5 Å². The zero-order valence-corrected chi connectivity index (χ0v) is 13.7. The summed E-state index contributed by atoms with van der Waals surface area (Å²) in [6.07, 6.45) is -0.507. The predicted octanol–water partition coefficient (Wildman–Crippen LogP) is 1.91. The molecule has 1 unspecified atom stereocenters. The third kappa shape index (κ3) is 6.39. The predicted molar refractivity (Wildman–Crippen MR) is 80.4 cm³/mol. The Morgan fingerprint density at radius 3 is 2.67 bits per heavy atom. The summed E-state index contributed by atoms with van der Waals surface area (Å²) in [5.41, 5.74) is 0.984. The Labute approximate surface area is 127 Å². The van der Waals surface area contributed by atoms with Gasteiger partial charge < -0.3 is 15.0 Å². The van der Waals surface area contributed by atoms with Gasteiger partial charge >= 0.3 is 12.1 Å². The standard InChI is InChI=1S/C12H21N5O3S/c1-8(6-13-11(19)20-12(2,3)4)17(5)10(18)15-9-16-14-7-21-9/h7-8H,6H2,1-5H3,(H,13,19)(H,15,16,18). The number of hydrogen-bond donors (Lipinski definition) is 2. The highest BCUT2D eigenvalue weighted by molar-refractivity contribution is 7.13. The fraction of sp³-hybridized carbons (Fsp3) is 0.667. The largest absolute Gasteiger partial charge is 0.444 e. The van der Waals surface area contributed by atoms with E-state index in [1.165, 1.54) is 21.7 Å². The van der Waals surface area contributed by atoms with Gasteiger partial charge in [-0.3, -0.25) is 5.32 Å². The van der Waals surface area contributed by atoms with Gasteiger partial charge in [0.15, 0.2) is 0 Å². The molecule has 0 fully saturated rings. The van der Waals surface area contributed by atoms with Crippen LogP contribution < -0.4 is 10.6 Å². The van der Waals surface area contributed by atoms with Crippen molar-refractivity contribution in [3.8, 4) is 0 Å². The molecule has 3 amide bonds. The third-order valence-electron chi connectivity index (χ3n) is 2.50. The van der Waals surface area contributed by atoms with Crippen molar-refractivity contribution in [3.63, 3.8) is 0 Å². The molecular formula is C12H21N5O3S. The molecule has 0 aliphatic heterocycles. The molecule has 1 rings (SSSR count). The summed E-state index contributed by atoms with van der Waals surface area (Å²) in [5, 5.41) is 13.0. The highest BCUT2D eigenvalue weighted by atomic mass is 32.1. The summed E-state index contributed by atoms with van der Waals surface area (Å²) >= 11 is 1.23. The first-order chi connectivity index (χ1) is 9.69. The smallest absolute Gasteiger partial charge is 0.407 e. The molecule has 0 saturated heterocycles. The number of amides is 3. The number of anilines is 1. The number of carbonyl (C=O) groups excluding carboxylic acids is 2. The van der Waals surface area contributed by atoms with Crippen molar-refractivity contribution in [1.29, 1.82) is 0 Å².